The lowest BCUT2D eigenvalue weighted by atomic mass is 10.2. The molecule has 0 aliphatic carbocycles. The maximum Gasteiger partial charge on any atom is 0.263 e. The minimum atomic E-state index is -0.424. The van der Waals surface area contributed by atoms with Crippen molar-refractivity contribution in [1.82, 2.24) is 9.55 Å². The van der Waals surface area contributed by atoms with Crippen LogP contribution in [0.5, 0.6) is 0 Å². The Kier molecular flexibility index (Phi) is 6.12. The Morgan fingerprint density at radius 1 is 1.30 bits per heavy atom. The van der Waals surface area contributed by atoms with Gasteiger partial charge >= 0.3 is 0 Å². The van der Waals surface area contributed by atoms with Gasteiger partial charge in [0.15, 0.2) is 5.16 Å². The second-order valence-electron chi connectivity index (χ2n) is 6.25. The van der Waals surface area contributed by atoms with Gasteiger partial charge in [-0.05, 0) is 29.6 Å². The van der Waals surface area contributed by atoms with Crippen molar-refractivity contribution >= 4 is 56.2 Å². The van der Waals surface area contributed by atoms with Gasteiger partial charge in [-0.1, -0.05) is 30.0 Å². The van der Waals surface area contributed by atoms with Crippen molar-refractivity contribution in [3.8, 4) is 10.4 Å². The van der Waals surface area contributed by atoms with Crippen molar-refractivity contribution in [2.75, 3.05) is 11.1 Å². The molecule has 9 heteroatoms. The third kappa shape index (κ3) is 4.23. The van der Waals surface area contributed by atoms with Gasteiger partial charge in [-0.25, -0.2) is 9.37 Å². The second kappa shape index (κ2) is 8.95. The van der Waals surface area contributed by atoms with Crippen LogP contribution in [0.25, 0.3) is 20.7 Å². The van der Waals surface area contributed by atoms with Crippen LogP contribution in [0.4, 0.5) is 10.1 Å². The van der Waals surface area contributed by atoms with E-state index in [9.17, 15) is 14.0 Å². The molecule has 30 heavy (non-hydrogen) atoms. The Labute approximate surface area is 183 Å². The molecule has 0 fully saturated rings. The molecular formula is C21H16FN3O2S3. The number of amides is 1. The monoisotopic (exact) mass is 457 g/mol. The van der Waals surface area contributed by atoms with Crippen LogP contribution in [0.3, 0.4) is 0 Å². The molecule has 3 aromatic heterocycles. The number of fused-ring (bicyclic) bond motifs is 1. The first-order valence-corrected chi connectivity index (χ1v) is 11.7. The number of hydrogen-bond acceptors (Lipinski definition) is 6. The number of nitrogens with zero attached hydrogens (tertiary/aromatic N) is 2. The van der Waals surface area contributed by atoms with E-state index in [0.717, 1.165) is 22.2 Å². The maximum atomic E-state index is 13.3. The first-order chi connectivity index (χ1) is 14.6. The molecule has 0 atom stereocenters. The number of nitrogens with one attached hydrogen (secondary N) is 1. The van der Waals surface area contributed by atoms with Crippen molar-refractivity contribution in [2.45, 2.75) is 11.7 Å². The number of rotatable bonds is 7. The van der Waals surface area contributed by atoms with E-state index in [0.29, 0.717) is 21.1 Å². The van der Waals surface area contributed by atoms with E-state index in [1.54, 1.807) is 23.5 Å². The summed E-state index contributed by atoms with van der Waals surface area (Å²) in [5, 5.41) is 7.58. The van der Waals surface area contributed by atoms with E-state index in [1.807, 2.05) is 22.9 Å². The zero-order valence-corrected chi connectivity index (χ0v) is 18.1. The molecule has 0 bridgehead atoms. The third-order valence-corrected chi connectivity index (χ3v) is 6.95. The molecule has 0 aliphatic rings. The fraction of sp³-hybridized carbons (Fsp3) is 0.0952. The van der Waals surface area contributed by atoms with Crippen molar-refractivity contribution in [3.05, 3.63) is 76.0 Å². The Morgan fingerprint density at radius 2 is 2.17 bits per heavy atom. The van der Waals surface area contributed by atoms with Crippen molar-refractivity contribution in [3.63, 3.8) is 0 Å². The minimum Gasteiger partial charge on any atom is -0.325 e. The van der Waals surface area contributed by atoms with Crippen molar-refractivity contribution in [1.29, 1.82) is 0 Å². The highest BCUT2D eigenvalue weighted by Gasteiger charge is 2.18. The smallest absolute Gasteiger partial charge is 0.263 e. The normalized spacial score (nSPS) is 11.0. The Bertz CT molecular complexity index is 1280. The standard InChI is InChI=1S/C21H16FN3O2S3/c1-2-8-25-20(27)18-15(16-7-4-9-28-16)11-29-19(18)24-21(25)30-12-17(26)23-14-6-3-5-13(22)10-14/h2-7,9-11H,1,8,12H2,(H,23,26). The molecule has 0 aliphatic heterocycles. The number of thioether (sulfide) groups is 1. The predicted molar refractivity (Wildman–Crippen MR) is 123 cm³/mol. The largest absolute Gasteiger partial charge is 0.325 e. The number of carbonyl (C=O) groups excluding carboxylic acids is 1. The zero-order valence-electron chi connectivity index (χ0n) is 15.6. The highest BCUT2D eigenvalue weighted by molar-refractivity contribution is 7.99. The van der Waals surface area contributed by atoms with E-state index in [1.165, 1.54) is 34.1 Å². The van der Waals surface area contributed by atoms with Gasteiger partial charge in [0.2, 0.25) is 5.91 Å². The van der Waals surface area contributed by atoms with Crippen LogP contribution in [0.1, 0.15) is 0 Å². The third-order valence-electron chi connectivity index (χ3n) is 4.20. The van der Waals surface area contributed by atoms with Gasteiger partial charge in [0.25, 0.3) is 5.56 Å². The van der Waals surface area contributed by atoms with Crippen LogP contribution in [-0.4, -0.2) is 21.2 Å². The summed E-state index contributed by atoms with van der Waals surface area (Å²) in [6.07, 6.45) is 1.63. The van der Waals surface area contributed by atoms with Gasteiger partial charge in [0.05, 0.1) is 11.1 Å². The number of aromatic nitrogens is 2. The average molecular weight is 458 g/mol. The van der Waals surface area contributed by atoms with Crippen LogP contribution in [0, 0.1) is 5.82 Å². The summed E-state index contributed by atoms with van der Waals surface area (Å²) < 4.78 is 14.8. The van der Waals surface area contributed by atoms with E-state index in [-0.39, 0.29) is 23.8 Å². The van der Waals surface area contributed by atoms with E-state index in [4.69, 9.17) is 0 Å². The summed E-state index contributed by atoms with van der Waals surface area (Å²) in [5.41, 5.74) is 1.10. The van der Waals surface area contributed by atoms with E-state index < -0.39 is 5.82 Å². The van der Waals surface area contributed by atoms with Gasteiger partial charge in [0, 0.05) is 28.1 Å². The summed E-state index contributed by atoms with van der Waals surface area (Å²) in [7, 11) is 0. The summed E-state index contributed by atoms with van der Waals surface area (Å²) in [6.45, 7) is 4.02. The molecule has 0 spiro atoms. The number of thiophene rings is 2. The first-order valence-electron chi connectivity index (χ1n) is 8.92. The number of allylic oxidation sites excluding steroid dienone is 1. The molecule has 4 rings (SSSR count). The molecule has 1 aromatic carbocycles. The summed E-state index contributed by atoms with van der Waals surface area (Å²) in [6, 6.07) is 9.61. The summed E-state index contributed by atoms with van der Waals surface area (Å²) in [5.74, 6) is -0.698. The highest BCUT2D eigenvalue weighted by atomic mass is 32.2. The van der Waals surface area contributed by atoms with Gasteiger partial charge in [-0.2, -0.15) is 0 Å². The van der Waals surface area contributed by atoms with Crippen molar-refractivity contribution < 1.29 is 9.18 Å². The van der Waals surface area contributed by atoms with E-state index >= 15 is 0 Å². The van der Waals surface area contributed by atoms with Gasteiger partial charge in [0.1, 0.15) is 10.6 Å². The Balaban J connectivity index is 1.62. The molecule has 0 unspecified atom stereocenters. The fourth-order valence-corrected chi connectivity index (χ4v) is 5.52. The van der Waals surface area contributed by atoms with Crippen molar-refractivity contribution in [2.24, 2.45) is 0 Å². The number of halogens is 1. The SMILES string of the molecule is C=CCn1c(SCC(=O)Nc2cccc(F)c2)nc2scc(-c3cccs3)c2c1=O. The molecule has 0 saturated carbocycles. The van der Waals surface area contributed by atoms with Crippen LogP contribution >= 0.6 is 34.4 Å². The molecule has 4 aromatic rings. The number of anilines is 1. The predicted octanol–water partition coefficient (Wildman–Crippen LogP) is 5.24. The van der Waals surface area contributed by atoms with Gasteiger partial charge in [-0.3, -0.25) is 14.2 Å². The van der Waals surface area contributed by atoms with Gasteiger partial charge in [-0.15, -0.1) is 29.3 Å². The molecule has 5 nitrogen and oxygen atoms in total. The molecule has 0 radical (unpaired) electrons. The molecule has 3 heterocycles. The summed E-state index contributed by atoms with van der Waals surface area (Å²) in [4.78, 5) is 31.8. The minimum absolute atomic E-state index is 0.0365. The zero-order chi connectivity index (χ0) is 21.1. The quantitative estimate of drug-likeness (QED) is 0.234. The van der Waals surface area contributed by atoms with Crippen LogP contribution in [0.2, 0.25) is 0 Å². The summed E-state index contributed by atoms with van der Waals surface area (Å²) >= 11 is 4.14. The second-order valence-corrected chi connectivity index (χ2v) is 9.00. The van der Waals surface area contributed by atoms with Crippen LogP contribution in [-0.2, 0) is 11.3 Å². The molecule has 0 saturated heterocycles. The number of benzene rings is 1. The number of carbonyl (C=O) groups is 1. The Morgan fingerprint density at radius 3 is 2.90 bits per heavy atom. The Hall–Kier alpha value is -2.75. The maximum absolute atomic E-state index is 13.3. The highest BCUT2D eigenvalue weighted by Crippen LogP contribution is 2.34. The fourth-order valence-electron chi connectivity index (χ4n) is 2.91. The molecular weight excluding hydrogens is 441 g/mol. The van der Waals surface area contributed by atoms with Crippen LogP contribution < -0.4 is 10.9 Å². The van der Waals surface area contributed by atoms with Crippen LogP contribution in [0.15, 0.2) is 69.8 Å². The molecule has 1 amide bonds. The van der Waals surface area contributed by atoms with E-state index in [2.05, 4.69) is 16.9 Å². The lowest BCUT2D eigenvalue weighted by Crippen LogP contribution is -2.23. The molecule has 152 valence electrons. The average Bonchev–Trinajstić information content (AvgIpc) is 3.38. The topological polar surface area (TPSA) is 64.0 Å². The number of hydrogen-bond donors (Lipinski definition) is 1. The lowest BCUT2D eigenvalue weighted by Gasteiger charge is -2.11. The first kappa shape index (κ1) is 20.5. The van der Waals surface area contributed by atoms with Gasteiger partial charge < -0.3 is 5.32 Å². The molecule has 1 N–H and O–H groups in total. The lowest BCUT2D eigenvalue weighted by molar-refractivity contribution is -0.113.